The van der Waals surface area contributed by atoms with Crippen LogP contribution in [-0.4, -0.2) is 0 Å². The van der Waals surface area contributed by atoms with Crippen molar-refractivity contribution in [1.29, 1.82) is 0 Å². The number of thiophene rings is 1. The Morgan fingerprint density at radius 1 is 0.345 bits per heavy atom. The molecule has 0 aliphatic heterocycles. The fraction of sp³-hybridized carbons (Fsp3) is 0. The van der Waals surface area contributed by atoms with E-state index in [1.807, 2.05) is 23.5 Å². The van der Waals surface area contributed by atoms with Crippen LogP contribution < -0.4 is 4.90 Å². The van der Waals surface area contributed by atoms with Crippen molar-refractivity contribution in [3.05, 3.63) is 200 Å². The van der Waals surface area contributed by atoms with Crippen LogP contribution in [0.1, 0.15) is 0 Å². The summed E-state index contributed by atoms with van der Waals surface area (Å²) in [5, 5.41) is 7.32. The van der Waals surface area contributed by atoms with E-state index in [1.165, 1.54) is 64.3 Å². The Hall–Kier alpha value is -6.94. The van der Waals surface area contributed by atoms with E-state index in [1.54, 1.807) is 0 Å². The van der Waals surface area contributed by atoms with Crippen LogP contribution in [0.4, 0.5) is 17.1 Å². The monoisotopic (exact) mass is 719 g/mol. The maximum atomic E-state index is 6.45. The first-order valence-electron chi connectivity index (χ1n) is 18.7. The number of anilines is 3. The van der Waals surface area contributed by atoms with E-state index in [4.69, 9.17) is 4.42 Å². The maximum Gasteiger partial charge on any atom is 0.137 e. The molecule has 0 unspecified atom stereocenters. The molecule has 0 radical (unpaired) electrons. The molecule has 0 bridgehead atoms. The zero-order valence-corrected chi connectivity index (χ0v) is 30.6. The molecule has 0 fully saturated rings. The number of rotatable bonds is 6. The second kappa shape index (κ2) is 12.9. The van der Waals surface area contributed by atoms with Crippen LogP contribution in [0.2, 0.25) is 0 Å². The first kappa shape index (κ1) is 31.6. The van der Waals surface area contributed by atoms with Gasteiger partial charge in [-0.2, -0.15) is 0 Å². The van der Waals surface area contributed by atoms with Crippen molar-refractivity contribution >= 4 is 81.3 Å². The number of fused-ring (bicyclic) bond motifs is 7. The van der Waals surface area contributed by atoms with Gasteiger partial charge in [-0.15, -0.1) is 11.3 Å². The summed E-state index contributed by atoms with van der Waals surface area (Å²) in [7, 11) is 0. The molecular formula is C52H33NOS. The van der Waals surface area contributed by atoms with Crippen LogP contribution in [0, 0.1) is 0 Å². The molecule has 2 aromatic heterocycles. The van der Waals surface area contributed by atoms with E-state index >= 15 is 0 Å². The van der Waals surface area contributed by atoms with E-state index in [2.05, 4.69) is 193 Å². The Labute approximate surface area is 322 Å². The van der Waals surface area contributed by atoms with E-state index in [-0.39, 0.29) is 0 Å². The molecule has 0 spiro atoms. The predicted octanol–water partition coefficient (Wildman–Crippen LogP) is 15.6. The maximum absolute atomic E-state index is 6.45. The fourth-order valence-electron chi connectivity index (χ4n) is 8.20. The average Bonchev–Trinajstić information content (AvgIpc) is 3.82. The Bertz CT molecular complexity index is 3210. The second-order valence-corrected chi connectivity index (χ2v) is 15.2. The highest BCUT2D eigenvalue weighted by Crippen LogP contribution is 2.46. The summed E-state index contributed by atoms with van der Waals surface area (Å²) in [5.41, 5.74) is 12.1. The summed E-state index contributed by atoms with van der Waals surface area (Å²) in [6.07, 6.45) is 0. The Morgan fingerprint density at radius 2 is 1.02 bits per heavy atom. The number of para-hydroxylation sites is 1. The van der Waals surface area contributed by atoms with Crippen LogP contribution in [0.5, 0.6) is 0 Å². The Kier molecular flexibility index (Phi) is 7.39. The summed E-state index contributed by atoms with van der Waals surface area (Å²) in [6.45, 7) is 0. The summed E-state index contributed by atoms with van der Waals surface area (Å²) in [6, 6.07) is 72.3. The van der Waals surface area contributed by atoms with Crippen molar-refractivity contribution in [3.8, 4) is 33.4 Å². The lowest BCUT2D eigenvalue weighted by atomic mass is 9.92. The van der Waals surface area contributed by atoms with Gasteiger partial charge in [0.05, 0.1) is 0 Å². The lowest BCUT2D eigenvalue weighted by molar-refractivity contribution is 0.669. The van der Waals surface area contributed by atoms with Crippen molar-refractivity contribution in [2.45, 2.75) is 0 Å². The average molecular weight is 720 g/mol. The summed E-state index contributed by atoms with van der Waals surface area (Å²) in [5.74, 6) is 0. The molecular weight excluding hydrogens is 687 g/mol. The van der Waals surface area contributed by atoms with E-state index in [9.17, 15) is 0 Å². The molecule has 0 saturated heterocycles. The van der Waals surface area contributed by atoms with Crippen molar-refractivity contribution in [3.63, 3.8) is 0 Å². The van der Waals surface area contributed by atoms with Gasteiger partial charge in [0, 0.05) is 59.6 Å². The molecule has 9 aromatic carbocycles. The molecule has 0 aliphatic rings. The quantitative estimate of drug-likeness (QED) is 0.170. The third-order valence-electron chi connectivity index (χ3n) is 10.9. The van der Waals surface area contributed by atoms with Gasteiger partial charge in [0.15, 0.2) is 0 Å². The smallest absolute Gasteiger partial charge is 0.137 e. The topological polar surface area (TPSA) is 16.4 Å². The third-order valence-corrected chi connectivity index (χ3v) is 12.1. The summed E-state index contributed by atoms with van der Waals surface area (Å²) >= 11 is 1.87. The fourth-order valence-corrected chi connectivity index (χ4v) is 9.43. The Morgan fingerprint density at radius 3 is 1.91 bits per heavy atom. The molecule has 2 heterocycles. The van der Waals surface area contributed by atoms with Gasteiger partial charge < -0.3 is 9.32 Å². The van der Waals surface area contributed by atoms with Crippen LogP contribution in [0.25, 0.3) is 86.3 Å². The van der Waals surface area contributed by atoms with Crippen LogP contribution >= 0.6 is 11.3 Å². The van der Waals surface area contributed by atoms with Gasteiger partial charge in [0.25, 0.3) is 0 Å². The molecule has 0 saturated carbocycles. The third kappa shape index (κ3) is 5.40. The number of furan rings is 1. The van der Waals surface area contributed by atoms with Gasteiger partial charge in [0.1, 0.15) is 11.2 Å². The summed E-state index contributed by atoms with van der Waals surface area (Å²) in [4.78, 5) is 2.36. The molecule has 11 rings (SSSR count). The molecule has 0 aliphatic carbocycles. The molecule has 11 aromatic rings. The van der Waals surface area contributed by atoms with Crippen LogP contribution in [-0.2, 0) is 0 Å². The number of benzene rings is 9. The second-order valence-electron chi connectivity index (χ2n) is 14.1. The molecule has 2 nitrogen and oxygen atoms in total. The van der Waals surface area contributed by atoms with E-state index in [0.29, 0.717) is 0 Å². The van der Waals surface area contributed by atoms with E-state index < -0.39 is 0 Å². The number of nitrogens with zero attached hydrogens (tertiary/aromatic N) is 1. The normalized spacial score (nSPS) is 11.6. The van der Waals surface area contributed by atoms with Crippen LogP contribution in [0.15, 0.2) is 205 Å². The van der Waals surface area contributed by atoms with Gasteiger partial charge in [-0.3, -0.25) is 0 Å². The summed E-state index contributed by atoms with van der Waals surface area (Å²) < 4.78 is 9.05. The first-order chi connectivity index (χ1) is 27.2. The lowest BCUT2D eigenvalue weighted by Gasteiger charge is -2.27. The molecule has 55 heavy (non-hydrogen) atoms. The van der Waals surface area contributed by atoms with Gasteiger partial charge in [0.2, 0.25) is 0 Å². The highest BCUT2D eigenvalue weighted by Gasteiger charge is 2.20. The largest absolute Gasteiger partial charge is 0.456 e. The molecule has 0 N–H and O–H groups in total. The Balaban J connectivity index is 1.12. The van der Waals surface area contributed by atoms with E-state index in [0.717, 1.165) is 39.0 Å². The highest BCUT2D eigenvalue weighted by molar-refractivity contribution is 7.26. The molecule has 3 heteroatoms. The highest BCUT2D eigenvalue weighted by atomic mass is 32.1. The van der Waals surface area contributed by atoms with Gasteiger partial charge in [-0.05, 0) is 93.2 Å². The molecule has 0 amide bonds. The molecule has 258 valence electrons. The van der Waals surface area contributed by atoms with Crippen molar-refractivity contribution in [2.24, 2.45) is 0 Å². The minimum absolute atomic E-state index is 0.868. The number of hydrogen-bond donors (Lipinski definition) is 0. The van der Waals surface area contributed by atoms with Gasteiger partial charge in [-0.1, -0.05) is 140 Å². The van der Waals surface area contributed by atoms with Gasteiger partial charge >= 0.3 is 0 Å². The SMILES string of the molecule is c1ccc(-c2ccc(N(c3ccc(-c4ccc5ccccc5c4)cc3)c3ccc4c(c3)oc3ccccc34)cc2-c2cccc3c2sc2ccccc23)cc1. The van der Waals surface area contributed by atoms with Crippen molar-refractivity contribution < 1.29 is 4.42 Å². The number of hydrogen-bond acceptors (Lipinski definition) is 3. The van der Waals surface area contributed by atoms with Crippen molar-refractivity contribution in [1.82, 2.24) is 0 Å². The minimum Gasteiger partial charge on any atom is -0.456 e. The standard InChI is InChI=1S/C52H33NOS/c1-2-12-36(13-3-1)42-29-27-40(32-48(42)47-18-10-17-46-45-16-7-9-20-51(45)55-52(46)47)53(41-28-30-44-43-15-6-8-19-49(43)54-50(44)33-41)39-25-23-35(24-26-39)38-22-21-34-11-4-5-14-37(34)31-38/h1-33H. The zero-order chi connectivity index (χ0) is 36.3. The lowest BCUT2D eigenvalue weighted by Crippen LogP contribution is -2.10. The van der Waals surface area contributed by atoms with Crippen LogP contribution in [0.3, 0.4) is 0 Å². The van der Waals surface area contributed by atoms with Gasteiger partial charge in [-0.25, -0.2) is 0 Å². The minimum atomic E-state index is 0.868. The predicted molar refractivity (Wildman–Crippen MR) is 235 cm³/mol. The zero-order valence-electron chi connectivity index (χ0n) is 29.8. The van der Waals surface area contributed by atoms with Crippen molar-refractivity contribution in [2.75, 3.05) is 4.90 Å². The first-order valence-corrected chi connectivity index (χ1v) is 19.5. The molecule has 0 atom stereocenters.